The van der Waals surface area contributed by atoms with Gasteiger partial charge < -0.3 is 19.4 Å². The van der Waals surface area contributed by atoms with E-state index >= 15 is 0 Å². The van der Waals surface area contributed by atoms with Crippen LogP contribution < -0.4 is 20.3 Å². The molecular formula is C17H19ClN2O4. The summed E-state index contributed by atoms with van der Waals surface area (Å²) in [6.07, 6.45) is 2.19. The normalized spacial score (nSPS) is 10.3. The van der Waals surface area contributed by atoms with Crippen LogP contribution in [0.25, 0.3) is 0 Å². The van der Waals surface area contributed by atoms with E-state index in [-0.39, 0.29) is 11.5 Å². The molecule has 0 aliphatic rings. The van der Waals surface area contributed by atoms with Crippen LogP contribution in [0.1, 0.15) is 16.8 Å². The van der Waals surface area contributed by atoms with Crippen LogP contribution in [-0.2, 0) is 6.54 Å². The Morgan fingerprint density at radius 2 is 1.83 bits per heavy atom. The molecule has 2 aromatic rings. The summed E-state index contributed by atoms with van der Waals surface area (Å²) in [6, 6.07) is 7.95. The van der Waals surface area contributed by atoms with Crippen molar-refractivity contribution in [3.8, 4) is 11.5 Å². The summed E-state index contributed by atoms with van der Waals surface area (Å²) in [5.41, 5.74) is 0.328. The highest BCUT2D eigenvalue weighted by Crippen LogP contribution is 2.22. The smallest absolute Gasteiger partial charge is 0.251 e. The Bertz CT molecular complexity index is 751. The summed E-state index contributed by atoms with van der Waals surface area (Å²) in [5.74, 6) is 0.862. The summed E-state index contributed by atoms with van der Waals surface area (Å²) in [5, 5.41) is 3.31. The molecular weight excluding hydrogens is 332 g/mol. The third-order valence-electron chi connectivity index (χ3n) is 3.42. The third-order valence-corrected chi connectivity index (χ3v) is 3.65. The highest BCUT2D eigenvalue weighted by Gasteiger charge is 2.09. The Hall–Kier alpha value is -2.47. The fourth-order valence-corrected chi connectivity index (χ4v) is 2.35. The van der Waals surface area contributed by atoms with Crippen LogP contribution in [0, 0.1) is 0 Å². The van der Waals surface area contributed by atoms with Crippen LogP contribution in [0.5, 0.6) is 11.5 Å². The molecule has 0 spiro atoms. The average molecular weight is 351 g/mol. The summed E-state index contributed by atoms with van der Waals surface area (Å²) < 4.78 is 11.8. The molecule has 1 N–H and O–H groups in total. The van der Waals surface area contributed by atoms with Crippen LogP contribution in [0.4, 0.5) is 0 Å². The maximum Gasteiger partial charge on any atom is 0.251 e. The Morgan fingerprint density at radius 1 is 1.17 bits per heavy atom. The number of rotatable bonds is 7. The molecule has 1 amide bonds. The molecule has 0 fully saturated rings. The number of hydrogen-bond acceptors (Lipinski definition) is 4. The van der Waals surface area contributed by atoms with E-state index in [0.29, 0.717) is 41.6 Å². The Balaban J connectivity index is 1.91. The molecule has 0 saturated heterocycles. The number of aryl methyl sites for hydroxylation is 1. The molecule has 2 rings (SSSR count). The van der Waals surface area contributed by atoms with Crippen LogP contribution in [-0.4, -0.2) is 31.2 Å². The highest BCUT2D eigenvalue weighted by molar-refractivity contribution is 6.30. The van der Waals surface area contributed by atoms with Gasteiger partial charge in [0.2, 0.25) is 0 Å². The van der Waals surface area contributed by atoms with Gasteiger partial charge in [0.05, 0.1) is 19.2 Å². The summed E-state index contributed by atoms with van der Waals surface area (Å²) in [6.45, 7) is 0.901. The molecule has 0 unspecified atom stereocenters. The fourth-order valence-electron chi connectivity index (χ4n) is 2.17. The second-order valence-corrected chi connectivity index (χ2v) is 5.53. The number of nitrogens with one attached hydrogen (secondary N) is 1. The van der Waals surface area contributed by atoms with Crippen LogP contribution in [0.15, 0.2) is 41.3 Å². The van der Waals surface area contributed by atoms with E-state index in [1.165, 1.54) is 24.9 Å². The molecule has 24 heavy (non-hydrogen) atoms. The number of nitrogens with zero attached hydrogens (tertiary/aromatic N) is 1. The van der Waals surface area contributed by atoms with Crippen LogP contribution >= 0.6 is 11.6 Å². The molecule has 1 aromatic heterocycles. The minimum absolute atomic E-state index is 0.122. The molecule has 0 aliphatic carbocycles. The summed E-state index contributed by atoms with van der Waals surface area (Å²) in [4.78, 5) is 23.9. The zero-order valence-corrected chi connectivity index (χ0v) is 14.3. The summed E-state index contributed by atoms with van der Waals surface area (Å²) >= 11 is 5.86. The Labute approximate surface area is 145 Å². The van der Waals surface area contributed by atoms with Gasteiger partial charge in [0.1, 0.15) is 11.5 Å². The van der Waals surface area contributed by atoms with Crippen molar-refractivity contribution in [3.63, 3.8) is 0 Å². The van der Waals surface area contributed by atoms with Crippen molar-refractivity contribution in [2.45, 2.75) is 13.0 Å². The van der Waals surface area contributed by atoms with Crippen molar-refractivity contribution >= 4 is 17.5 Å². The second-order valence-electron chi connectivity index (χ2n) is 5.09. The molecule has 1 aromatic carbocycles. The minimum Gasteiger partial charge on any atom is -0.497 e. The van der Waals surface area contributed by atoms with Gasteiger partial charge in [-0.2, -0.15) is 0 Å². The number of methoxy groups -OCH3 is 2. The zero-order chi connectivity index (χ0) is 17.5. The van der Waals surface area contributed by atoms with Crippen molar-refractivity contribution in [1.29, 1.82) is 0 Å². The Morgan fingerprint density at radius 3 is 2.46 bits per heavy atom. The zero-order valence-electron chi connectivity index (χ0n) is 13.5. The molecule has 0 atom stereocenters. The van der Waals surface area contributed by atoms with Crippen LogP contribution in [0.2, 0.25) is 5.02 Å². The van der Waals surface area contributed by atoms with E-state index < -0.39 is 0 Å². The maximum atomic E-state index is 12.2. The second kappa shape index (κ2) is 8.40. The van der Waals surface area contributed by atoms with E-state index in [9.17, 15) is 9.59 Å². The lowest BCUT2D eigenvalue weighted by Gasteiger charge is -2.10. The van der Waals surface area contributed by atoms with Gasteiger partial charge in [0.25, 0.3) is 11.5 Å². The molecule has 0 saturated carbocycles. The molecule has 128 valence electrons. The first-order valence-electron chi connectivity index (χ1n) is 7.40. The van der Waals surface area contributed by atoms with E-state index in [0.717, 1.165) is 0 Å². The van der Waals surface area contributed by atoms with Crippen LogP contribution in [0.3, 0.4) is 0 Å². The van der Waals surface area contributed by atoms with Gasteiger partial charge in [0.15, 0.2) is 0 Å². The van der Waals surface area contributed by atoms with E-state index in [4.69, 9.17) is 21.1 Å². The quantitative estimate of drug-likeness (QED) is 0.778. The van der Waals surface area contributed by atoms with Gasteiger partial charge in [-0.25, -0.2) is 0 Å². The first-order chi connectivity index (χ1) is 11.5. The van der Waals surface area contributed by atoms with Crippen molar-refractivity contribution < 1.29 is 14.3 Å². The number of hydrogen-bond donors (Lipinski definition) is 1. The van der Waals surface area contributed by atoms with Gasteiger partial charge in [0, 0.05) is 37.0 Å². The topological polar surface area (TPSA) is 69.6 Å². The number of carbonyl (C=O) groups excluding carboxylic acids is 1. The fraction of sp³-hybridized carbons (Fsp3) is 0.294. The Kier molecular flexibility index (Phi) is 6.26. The summed E-state index contributed by atoms with van der Waals surface area (Å²) in [7, 11) is 3.05. The number of amides is 1. The first-order valence-corrected chi connectivity index (χ1v) is 7.78. The minimum atomic E-state index is -0.231. The molecule has 7 heteroatoms. The van der Waals surface area contributed by atoms with Gasteiger partial charge in [-0.15, -0.1) is 0 Å². The number of halogens is 1. The largest absolute Gasteiger partial charge is 0.497 e. The monoisotopic (exact) mass is 350 g/mol. The number of aromatic nitrogens is 1. The van der Waals surface area contributed by atoms with Gasteiger partial charge in [-0.1, -0.05) is 11.6 Å². The molecule has 6 nitrogen and oxygen atoms in total. The molecule has 0 bridgehead atoms. The van der Waals surface area contributed by atoms with Crippen molar-refractivity contribution in [3.05, 3.63) is 57.5 Å². The predicted octanol–water partition coefficient (Wildman–Crippen LogP) is 2.34. The highest BCUT2D eigenvalue weighted by atomic mass is 35.5. The van der Waals surface area contributed by atoms with Gasteiger partial charge in [-0.05, 0) is 24.6 Å². The number of pyridine rings is 1. The first kappa shape index (κ1) is 17.9. The average Bonchev–Trinajstić information content (AvgIpc) is 2.60. The van der Waals surface area contributed by atoms with Gasteiger partial charge >= 0.3 is 0 Å². The van der Waals surface area contributed by atoms with E-state index in [2.05, 4.69) is 5.32 Å². The number of ether oxygens (including phenoxy) is 2. The van der Waals surface area contributed by atoms with E-state index in [1.54, 1.807) is 30.5 Å². The molecule has 1 heterocycles. The van der Waals surface area contributed by atoms with Crippen molar-refractivity contribution in [1.82, 2.24) is 9.88 Å². The maximum absolute atomic E-state index is 12.2. The lowest BCUT2D eigenvalue weighted by molar-refractivity contribution is 0.0952. The SMILES string of the molecule is COc1cc(OC)cc(C(=O)NCCCn2cc(Cl)ccc2=O)c1. The molecule has 0 aliphatic heterocycles. The van der Waals surface area contributed by atoms with E-state index in [1.807, 2.05) is 0 Å². The lowest BCUT2D eigenvalue weighted by Crippen LogP contribution is -2.27. The molecule has 0 radical (unpaired) electrons. The third kappa shape index (κ3) is 4.76. The standard InChI is InChI=1S/C17H19ClN2O4/c1-23-14-8-12(9-15(10-14)24-2)17(22)19-6-3-7-20-11-13(18)4-5-16(20)21/h4-5,8-11H,3,6-7H2,1-2H3,(H,19,22). The lowest BCUT2D eigenvalue weighted by atomic mass is 10.2. The van der Waals surface area contributed by atoms with Gasteiger partial charge in [-0.3, -0.25) is 9.59 Å². The predicted molar refractivity (Wildman–Crippen MR) is 92.2 cm³/mol. The number of benzene rings is 1. The van der Waals surface area contributed by atoms with Crippen molar-refractivity contribution in [2.75, 3.05) is 20.8 Å². The van der Waals surface area contributed by atoms with Crippen molar-refractivity contribution in [2.24, 2.45) is 0 Å². The number of carbonyl (C=O) groups is 1.